The Labute approximate surface area is 139 Å². The monoisotopic (exact) mass is 385 g/mol. The molecule has 0 N–H and O–H groups in total. The summed E-state index contributed by atoms with van der Waals surface area (Å²) < 4.78 is 40.7. The molecule has 2 rings (SSSR count). The fourth-order valence-electron chi connectivity index (χ4n) is 2.16. The highest BCUT2D eigenvalue weighted by molar-refractivity contribution is 9.10. The van der Waals surface area contributed by atoms with Crippen LogP contribution in [-0.4, -0.2) is 19.3 Å². The molecule has 0 radical (unpaired) electrons. The van der Waals surface area contributed by atoms with Gasteiger partial charge in [-0.3, -0.25) is 0 Å². The molecule has 0 unspecified atom stereocenters. The number of hydrogen-bond acceptors (Lipinski definition) is 2. The summed E-state index contributed by atoms with van der Waals surface area (Å²) in [6.07, 6.45) is 0. The predicted octanol–water partition coefficient (Wildman–Crippen LogP) is 4.11. The van der Waals surface area contributed by atoms with Crippen LogP contribution in [-0.2, 0) is 16.6 Å². The maximum absolute atomic E-state index is 13.3. The van der Waals surface area contributed by atoms with Gasteiger partial charge in [0.15, 0.2) is 0 Å². The van der Waals surface area contributed by atoms with Gasteiger partial charge in [0, 0.05) is 17.6 Å². The van der Waals surface area contributed by atoms with Crippen LogP contribution in [0.2, 0.25) is 0 Å². The normalized spacial score (nSPS) is 11.9. The van der Waals surface area contributed by atoms with Crippen molar-refractivity contribution in [3.63, 3.8) is 0 Å². The molecule has 0 aliphatic heterocycles. The minimum atomic E-state index is -3.65. The zero-order valence-corrected chi connectivity index (χ0v) is 14.8. The Morgan fingerprint density at radius 2 is 1.91 bits per heavy atom. The number of sulfonamides is 1. The fourth-order valence-corrected chi connectivity index (χ4v) is 4.75. The Kier molecular flexibility index (Phi) is 5.36. The summed E-state index contributed by atoms with van der Waals surface area (Å²) in [5.41, 5.74) is 1.59. The molecule has 0 heterocycles. The van der Waals surface area contributed by atoms with Crippen molar-refractivity contribution in [1.82, 2.24) is 4.31 Å². The predicted molar refractivity (Wildman–Crippen MR) is 88.5 cm³/mol. The second-order valence-corrected chi connectivity index (χ2v) is 7.76. The zero-order valence-electron chi connectivity index (χ0n) is 12.4. The van der Waals surface area contributed by atoms with Crippen molar-refractivity contribution in [2.24, 2.45) is 0 Å². The third kappa shape index (κ3) is 3.74. The number of aryl methyl sites for hydroxylation is 1. The van der Waals surface area contributed by atoms with Crippen LogP contribution in [0.4, 0.5) is 4.39 Å². The summed E-state index contributed by atoms with van der Waals surface area (Å²) in [6.45, 7) is 4.10. The van der Waals surface area contributed by atoms with E-state index in [9.17, 15) is 12.8 Å². The Morgan fingerprint density at radius 1 is 1.18 bits per heavy atom. The molecule has 0 aliphatic rings. The van der Waals surface area contributed by atoms with Crippen molar-refractivity contribution in [2.45, 2.75) is 25.3 Å². The first kappa shape index (κ1) is 17.1. The van der Waals surface area contributed by atoms with Crippen molar-refractivity contribution in [3.8, 4) is 0 Å². The molecule has 6 heteroatoms. The van der Waals surface area contributed by atoms with Crippen molar-refractivity contribution < 1.29 is 12.8 Å². The first-order chi connectivity index (χ1) is 10.3. The zero-order chi connectivity index (χ0) is 16.3. The number of hydrogen-bond donors (Lipinski definition) is 0. The minimum Gasteiger partial charge on any atom is -0.207 e. The van der Waals surface area contributed by atoms with Gasteiger partial charge in [0.2, 0.25) is 10.0 Å². The summed E-state index contributed by atoms with van der Waals surface area (Å²) in [7, 11) is -3.65. The van der Waals surface area contributed by atoms with Crippen molar-refractivity contribution in [1.29, 1.82) is 0 Å². The topological polar surface area (TPSA) is 37.4 Å². The molecule has 2 aromatic rings. The smallest absolute Gasteiger partial charge is 0.207 e. The molecule has 0 fully saturated rings. The molecule has 118 valence electrons. The molecule has 0 aromatic heterocycles. The van der Waals surface area contributed by atoms with Gasteiger partial charge in [-0.05, 0) is 58.2 Å². The molecular formula is C16H17BrFNO2S. The van der Waals surface area contributed by atoms with Gasteiger partial charge in [-0.15, -0.1) is 0 Å². The highest BCUT2D eigenvalue weighted by atomic mass is 79.9. The quantitative estimate of drug-likeness (QED) is 0.776. The summed E-state index contributed by atoms with van der Waals surface area (Å²) in [6, 6.07) is 11.1. The van der Waals surface area contributed by atoms with Gasteiger partial charge < -0.3 is 0 Å². The van der Waals surface area contributed by atoms with E-state index < -0.39 is 10.0 Å². The van der Waals surface area contributed by atoms with Crippen LogP contribution in [0, 0.1) is 12.7 Å². The summed E-state index contributed by atoms with van der Waals surface area (Å²) in [5.74, 6) is -0.373. The van der Waals surface area contributed by atoms with E-state index in [-0.39, 0.29) is 17.3 Å². The number of halogens is 2. The van der Waals surface area contributed by atoms with Gasteiger partial charge in [-0.2, -0.15) is 4.31 Å². The minimum absolute atomic E-state index is 0.136. The Bertz CT molecular complexity index is 777. The van der Waals surface area contributed by atoms with E-state index in [0.29, 0.717) is 16.6 Å². The van der Waals surface area contributed by atoms with Crippen LogP contribution in [0.1, 0.15) is 18.1 Å². The van der Waals surface area contributed by atoms with Gasteiger partial charge in [0.05, 0.1) is 4.90 Å². The second kappa shape index (κ2) is 6.89. The molecule has 0 saturated carbocycles. The third-order valence-corrected chi connectivity index (χ3v) is 6.20. The molecule has 0 bridgehead atoms. The molecule has 3 nitrogen and oxygen atoms in total. The average Bonchev–Trinajstić information content (AvgIpc) is 2.44. The van der Waals surface area contributed by atoms with E-state index in [4.69, 9.17) is 0 Å². The van der Waals surface area contributed by atoms with E-state index in [2.05, 4.69) is 15.9 Å². The molecule has 22 heavy (non-hydrogen) atoms. The Balaban J connectivity index is 2.36. The van der Waals surface area contributed by atoms with E-state index in [1.165, 1.54) is 16.4 Å². The highest BCUT2D eigenvalue weighted by Gasteiger charge is 2.25. The van der Waals surface area contributed by atoms with Crippen LogP contribution in [0.5, 0.6) is 0 Å². The van der Waals surface area contributed by atoms with Crippen LogP contribution in [0.25, 0.3) is 0 Å². The van der Waals surface area contributed by atoms with Gasteiger partial charge >= 0.3 is 0 Å². The maximum atomic E-state index is 13.3. The molecule has 2 aromatic carbocycles. The highest BCUT2D eigenvalue weighted by Crippen LogP contribution is 2.27. The summed E-state index contributed by atoms with van der Waals surface area (Å²) in [5, 5.41) is 0. The summed E-state index contributed by atoms with van der Waals surface area (Å²) >= 11 is 3.31. The van der Waals surface area contributed by atoms with E-state index >= 15 is 0 Å². The molecule has 0 aliphatic carbocycles. The van der Waals surface area contributed by atoms with Gasteiger partial charge in [0.1, 0.15) is 5.82 Å². The van der Waals surface area contributed by atoms with Crippen molar-refractivity contribution in [2.75, 3.05) is 6.54 Å². The number of rotatable bonds is 5. The van der Waals surface area contributed by atoms with E-state index in [0.717, 1.165) is 5.56 Å². The average molecular weight is 386 g/mol. The fraction of sp³-hybridized carbons (Fsp3) is 0.250. The van der Waals surface area contributed by atoms with Crippen LogP contribution in [0.15, 0.2) is 51.8 Å². The largest absolute Gasteiger partial charge is 0.244 e. The lowest BCUT2D eigenvalue weighted by Crippen LogP contribution is -2.30. The molecule has 0 atom stereocenters. The lowest BCUT2D eigenvalue weighted by Gasteiger charge is -2.21. The van der Waals surface area contributed by atoms with Gasteiger partial charge in [-0.25, -0.2) is 12.8 Å². The second-order valence-electron chi connectivity index (χ2n) is 5.00. The van der Waals surface area contributed by atoms with E-state index in [1.807, 2.05) is 6.92 Å². The number of benzene rings is 2. The van der Waals surface area contributed by atoms with Crippen molar-refractivity contribution in [3.05, 3.63) is 63.9 Å². The Morgan fingerprint density at radius 3 is 2.50 bits per heavy atom. The molecular weight excluding hydrogens is 369 g/mol. The lowest BCUT2D eigenvalue weighted by molar-refractivity contribution is 0.422. The molecule has 0 saturated heterocycles. The molecule has 0 spiro atoms. The number of nitrogens with zero attached hydrogens (tertiary/aromatic N) is 1. The van der Waals surface area contributed by atoms with Crippen LogP contribution < -0.4 is 0 Å². The maximum Gasteiger partial charge on any atom is 0.244 e. The van der Waals surface area contributed by atoms with Gasteiger partial charge in [-0.1, -0.05) is 25.1 Å². The van der Waals surface area contributed by atoms with Crippen LogP contribution >= 0.6 is 15.9 Å². The standard InChI is InChI=1S/C16H17BrFNO2S/c1-3-19(11-13-5-4-6-14(18)10-13)22(20,21)16-8-7-12(2)9-15(16)17/h4-10H,3,11H2,1-2H3. The SMILES string of the molecule is CCN(Cc1cccc(F)c1)S(=O)(=O)c1ccc(C)cc1Br. The van der Waals surface area contributed by atoms with Gasteiger partial charge in [0.25, 0.3) is 0 Å². The van der Waals surface area contributed by atoms with Crippen molar-refractivity contribution >= 4 is 26.0 Å². The Hall–Kier alpha value is -1.24. The first-order valence-corrected chi connectivity index (χ1v) is 9.08. The first-order valence-electron chi connectivity index (χ1n) is 6.85. The lowest BCUT2D eigenvalue weighted by atomic mass is 10.2. The van der Waals surface area contributed by atoms with E-state index in [1.54, 1.807) is 37.3 Å². The molecule has 0 amide bonds. The van der Waals surface area contributed by atoms with Crippen LogP contribution in [0.3, 0.4) is 0 Å². The third-order valence-electron chi connectivity index (χ3n) is 3.31. The summed E-state index contributed by atoms with van der Waals surface area (Å²) in [4.78, 5) is 0.219.